The largest absolute Gasteiger partial charge is 0.307 e. The van der Waals surface area contributed by atoms with Gasteiger partial charge in [-0.05, 0) is 163 Å². The summed E-state index contributed by atoms with van der Waals surface area (Å²) in [6, 6.07) is 51.9. The first-order chi connectivity index (χ1) is 36.6. The molecule has 6 aliphatic carbocycles. The zero-order chi connectivity index (χ0) is 51.7. The summed E-state index contributed by atoms with van der Waals surface area (Å²) < 4.78 is 5.24. The van der Waals surface area contributed by atoms with Crippen molar-refractivity contribution in [3.8, 4) is 12.1 Å². The molecule has 0 amide bonds. The van der Waals surface area contributed by atoms with Gasteiger partial charge in [-0.2, -0.15) is 10.5 Å². The standard InChI is InChI=1S/C72H54N4/c1-33-51(31-73)59-55-39-19-11-15-23-43(39)57(44-24-16-12-20-40(44)55)63(59)61-49-29-37(71(5,6)7)27-47-53-35(3)54-48-28-38(72(8,9)10)30-50-62-64-58-45-25-17-13-21-41(45)56(42-22-14-18-26-46(42)58)60(64)52(32-74)34(2)66(62)76(70(48)50)68(54)36(4)67(53)75(65(33)61)69(47)49/h11-30,55-58H,1-10H3. The molecule has 0 spiro atoms. The first-order valence-electron chi connectivity index (χ1n) is 27.4. The van der Waals surface area contributed by atoms with Gasteiger partial charge in [-0.25, -0.2) is 0 Å². The fraction of sp³-hybridized carbons (Fsp3) is 0.222. The molecule has 76 heavy (non-hydrogen) atoms. The molecule has 6 aliphatic rings. The van der Waals surface area contributed by atoms with Crippen LogP contribution >= 0.6 is 0 Å². The Labute approximate surface area is 441 Å². The van der Waals surface area contributed by atoms with Crippen LogP contribution in [-0.4, -0.2) is 8.80 Å². The van der Waals surface area contributed by atoms with Crippen LogP contribution in [0.5, 0.6) is 0 Å². The average molecular weight is 975 g/mol. The lowest BCUT2D eigenvalue weighted by molar-refractivity contribution is 0.591. The van der Waals surface area contributed by atoms with E-state index in [0.717, 1.165) is 33.3 Å². The van der Waals surface area contributed by atoms with Gasteiger partial charge in [0.25, 0.3) is 0 Å². The normalized spacial score (nSPS) is 18.1. The quantitative estimate of drug-likeness (QED) is 0.152. The Morgan fingerprint density at radius 3 is 0.882 bits per heavy atom. The molecule has 0 aliphatic heterocycles. The summed E-state index contributed by atoms with van der Waals surface area (Å²) in [4.78, 5) is 0. The van der Waals surface area contributed by atoms with Crippen molar-refractivity contribution in [3.63, 3.8) is 0 Å². The highest BCUT2D eigenvalue weighted by molar-refractivity contribution is 6.33. The third-order valence-electron chi connectivity index (χ3n) is 19.7. The van der Waals surface area contributed by atoms with E-state index in [1.165, 1.54) is 154 Å². The van der Waals surface area contributed by atoms with E-state index >= 15 is 0 Å². The van der Waals surface area contributed by atoms with Crippen LogP contribution in [0.1, 0.15) is 176 Å². The van der Waals surface area contributed by atoms with Crippen molar-refractivity contribution < 1.29 is 0 Å². The summed E-state index contributed by atoms with van der Waals surface area (Å²) in [5, 5.41) is 33.6. The zero-order valence-corrected chi connectivity index (χ0v) is 44.6. The van der Waals surface area contributed by atoms with Gasteiger partial charge in [0.2, 0.25) is 0 Å². The maximum absolute atomic E-state index is 11.6. The van der Waals surface area contributed by atoms with Crippen LogP contribution in [0.15, 0.2) is 121 Å². The molecular weight excluding hydrogens is 921 g/mol. The highest BCUT2D eigenvalue weighted by atomic mass is 15.0. The van der Waals surface area contributed by atoms with E-state index in [2.05, 4.69) is 212 Å². The van der Waals surface area contributed by atoms with Gasteiger partial charge in [-0.15, -0.1) is 0 Å². The molecule has 19 rings (SSSR count). The molecule has 0 atom stereocenters. The zero-order valence-electron chi connectivity index (χ0n) is 44.6. The third kappa shape index (κ3) is 4.61. The van der Waals surface area contributed by atoms with E-state index in [-0.39, 0.29) is 34.5 Å². The van der Waals surface area contributed by atoms with Crippen LogP contribution in [0.25, 0.3) is 76.2 Å². The molecule has 0 fully saturated rings. The van der Waals surface area contributed by atoms with Crippen molar-refractivity contribution in [3.05, 3.63) is 233 Å². The minimum Gasteiger partial charge on any atom is -0.307 e. The van der Waals surface area contributed by atoms with Gasteiger partial charge in [0.05, 0.1) is 56.4 Å². The number of benzene rings is 9. The molecule has 4 heterocycles. The van der Waals surface area contributed by atoms with Crippen LogP contribution in [-0.2, 0) is 10.8 Å². The Hall–Kier alpha value is -8.44. The van der Waals surface area contributed by atoms with Gasteiger partial charge < -0.3 is 8.80 Å². The van der Waals surface area contributed by atoms with E-state index in [0.29, 0.717) is 0 Å². The van der Waals surface area contributed by atoms with Crippen LogP contribution in [0, 0.1) is 50.4 Å². The van der Waals surface area contributed by atoms with Crippen molar-refractivity contribution in [2.75, 3.05) is 0 Å². The van der Waals surface area contributed by atoms with E-state index in [1.54, 1.807) is 0 Å². The number of aromatic nitrogens is 2. The second-order valence-electron chi connectivity index (χ2n) is 25.3. The van der Waals surface area contributed by atoms with Crippen LogP contribution in [0.2, 0.25) is 0 Å². The molecule has 362 valence electrons. The molecule has 4 nitrogen and oxygen atoms in total. The molecule has 9 aromatic carbocycles. The summed E-state index contributed by atoms with van der Waals surface area (Å²) in [6.07, 6.45) is 0. The minimum absolute atomic E-state index is 0.00592. The Morgan fingerprint density at radius 2 is 0.605 bits per heavy atom. The van der Waals surface area contributed by atoms with Gasteiger partial charge in [0.15, 0.2) is 0 Å². The van der Waals surface area contributed by atoms with Crippen molar-refractivity contribution in [2.45, 2.75) is 104 Å². The molecule has 0 N–H and O–H groups in total. The molecule has 0 unspecified atom stereocenters. The fourth-order valence-electron chi connectivity index (χ4n) is 16.7. The third-order valence-corrected chi connectivity index (χ3v) is 19.7. The highest BCUT2D eigenvalue weighted by Crippen LogP contribution is 2.63. The van der Waals surface area contributed by atoms with Crippen LogP contribution < -0.4 is 0 Å². The molecule has 0 saturated carbocycles. The monoisotopic (exact) mass is 974 g/mol. The number of aryl methyl sites for hydroxylation is 4. The number of nitriles is 2. The molecule has 4 bridgehead atoms. The lowest BCUT2D eigenvalue weighted by Gasteiger charge is -2.43. The van der Waals surface area contributed by atoms with Gasteiger partial charge in [-0.3, -0.25) is 0 Å². The number of hydrogen-bond donors (Lipinski definition) is 0. The molecule has 0 saturated heterocycles. The first kappa shape index (κ1) is 42.9. The van der Waals surface area contributed by atoms with Crippen molar-refractivity contribution >= 4 is 76.2 Å². The maximum Gasteiger partial charge on any atom is 0.0998 e. The van der Waals surface area contributed by atoms with Crippen LogP contribution in [0.3, 0.4) is 0 Å². The Morgan fingerprint density at radius 1 is 0.342 bits per heavy atom. The summed E-state index contributed by atoms with van der Waals surface area (Å²) in [7, 11) is 0. The lowest BCUT2D eigenvalue weighted by Crippen LogP contribution is -2.29. The molecule has 13 aromatic rings. The average Bonchev–Trinajstić information content (AvgIpc) is 4.30. The van der Waals surface area contributed by atoms with Crippen LogP contribution in [0.4, 0.5) is 0 Å². The highest BCUT2D eigenvalue weighted by Gasteiger charge is 2.47. The summed E-state index contributed by atoms with van der Waals surface area (Å²) in [5.74, 6) is -0.0643. The smallest absolute Gasteiger partial charge is 0.0998 e. The SMILES string of the molecule is Cc1c2c3cc(C(C)(C)C)cc4c5c6c(c(C#N)c(C)c5n(c2c(C)c2c1c1cc(C(C)(C)C)cc5c7c8c(c(C#N)c(C)c7n2c51)C1c2ccccc2C8c2ccccc21)c43)C1c2ccccc2C6c2ccccc21. The van der Waals surface area contributed by atoms with E-state index in [4.69, 9.17) is 0 Å². The van der Waals surface area contributed by atoms with Gasteiger partial charge in [0, 0.05) is 66.8 Å². The van der Waals surface area contributed by atoms with Gasteiger partial charge in [-0.1, -0.05) is 139 Å². The number of rotatable bonds is 0. The number of nitrogens with zero attached hydrogens (tertiary/aromatic N) is 4. The van der Waals surface area contributed by atoms with E-state index < -0.39 is 0 Å². The maximum atomic E-state index is 11.6. The van der Waals surface area contributed by atoms with Crippen molar-refractivity contribution in [2.24, 2.45) is 0 Å². The Balaban J connectivity index is 1.10. The Bertz CT molecular complexity index is 4630. The van der Waals surface area contributed by atoms with Gasteiger partial charge in [0.1, 0.15) is 0 Å². The lowest BCUT2D eigenvalue weighted by atomic mass is 9.59. The van der Waals surface area contributed by atoms with Crippen molar-refractivity contribution in [1.82, 2.24) is 8.80 Å². The topological polar surface area (TPSA) is 56.4 Å². The second kappa shape index (κ2) is 13.5. The summed E-state index contributed by atoms with van der Waals surface area (Å²) in [5.41, 5.74) is 31.5. The van der Waals surface area contributed by atoms with Gasteiger partial charge >= 0.3 is 0 Å². The van der Waals surface area contributed by atoms with Crippen molar-refractivity contribution in [1.29, 1.82) is 10.5 Å². The Kier molecular flexibility index (Phi) is 7.62. The van der Waals surface area contributed by atoms with E-state index in [9.17, 15) is 10.5 Å². The summed E-state index contributed by atoms with van der Waals surface area (Å²) >= 11 is 0. The number of fused-ring (bicyclic) bond motifs is 12. The molecule has 0 radical (unpaired) electrons. The predicted octanol–water partition coefficient (Wildman–Crippen LogP) is 17.5. The first-order valence-corrected chi connectivity index (χ1v) is 27.4. The second-order valence-corrected chi connectivity index (χ2v) is 25.3. The predicted molar refractivity (Wildman–Crippen MR) is 311 cm³/mol. The molecular formula is C72H54N4. The molecule has 4 aromatic heterocycles. The molecule has 4 heteroatoms. The number of hydrogen-bond acceptors (Lipinski definition) is 2. The fourth-order valence-corrected chi connectivity index (χ4v) is 16.7. The minimum atomic E-state index is -0.137. The van der Waals surface area contributed by atoms with E-state index in [1.807, 2.05) is 0 Å². The summed E-state index contributed by atoms with van der Waals surface area (Å²) in [6.45, 7) is 23.3.